The SMILES string of the molecule is CCC(C(=O)Nc1cccnc1)N(c1ccc(F)cc1)S(C)(=O)=O. The van der Waals surface area contributed by atoms with Crippen LogP contribution in [0, 0.1) is 5.82 Å². The second kappa shape index (κ2) is 7.39. The lowest BCUT2D eigenvalue weighted by Gasteiger charge is -2.30. The summed E-state index contributed by atoms with van der Waals surface area (Å²) in [5.74, 6) is -0.972. The molecule has 0 saturated carbocycles. The van der Waals surface area contributed by atoms with Crippen molar-refractivity contribution in [3.05, 3.63) is 54.6 Å². The van der Waals surface area contributed by atoms with Gasteiger partial charge in [-0.2, -0.15) is 0 Å². The third-order valence-electron chi connectivity index (χ3n) is 3.34. The maximum atomic E-state index is 13.1. The van der Waals surface area contributed by atoms with E-state index in [-0.39, 0.29) is 12.1 Å². The first-order valence-electron chi connectivity index (χ1n) is 7.28. The van der Waals surface area contributed by atoms with Crippen molar-refractivity contribution in [1.82, 2.24) is 4.98 Å². The maximum absolute atomic E-state index is 13.1. The standard InChI is InChI=1S/C16H18FN3O3S/c1-3-15(16(21)19-13-5-4-10-18-11-13)20(24(2,22)23)14-8-6-12(17)7-9-14/h4-11,15H,3H2,1-2H3,(H,19,21). The molecule has 0 radical (unpaired) electrons. The molecule has 0 aliphatic heterocycles. The molecule has 0 spiro atoms. The van der Waals surface area contributed by atoms with Gasteiger partial charge in [0.05, 0.1) is 23.8 Å². The second-order valence-corrected chi connectivity index (χ2v) is 7.05. The smallest absolute Gasteiger partial charge is 0.248 e. The number of anilines is 2. The van der Waals surface area contributed by atoms with Gasteiger partial charge in [0.2, 0.25) is 15.9 Å². The first-order chi connectivity index (χ1) is 11.3. The van der Waals surface area contributed by atoms with Crippen LogP contribution in [0.15, 0.2) is 48.8 Å². The number of pyridine rings is 1. The van der Waals surface area contributed by atoms with E-state index in [4.69, 9.17) is 0 Å². The molecule has 1 aromatic carbocycles. The summed E-state index contributed by atoms with van der Waals surface area (Å²) in [7, 11) is -3.75. The Morgan fingerprint density at radius 1 is 1.29 bits per heavy atom. The second-order valence-electron chi connectivity index (χ2n) is 5.19. The van der Waals surface area contributed by atoms with Crippen molar-refractivity contribution in [2.24, 2.45) is 0 Å². The topological polar surface area (TPSA) is 79.4 Å². The van der Waals surface area contributed by atoms with E-state index in [9.17, 15) is 17.6 Å². The van der Waals surface area contributed by atoms with Gasteiger partial charge in [0.1, 0.15) is 11.9 Å². The van der Waals surface area contributed by atoms with Crippen molar-refractivity contribution >= 4 is 27.3 Å². The molecule has 1 aromatic heterocycles. The van der Waals surface area contributed by atoms with Crippen molar-refractivity contribution in [2.45, 2.75) is 19.4 Å². The predicted octanol–water partition coefficient (Wildman–Crippen LogP) is 2.40. The number of hydrogen-bond acceptors (Lipinski definition) is 4. The summed E-state index contributed by atoms with van der Waals surface area (Å²) in [6, 6.07) is 7.31. The quantitative estimate of drug-likeness (QED) is 0.867. The number of sulfonamides is 1. The number of carbonyl (C=O) groups is 1. The molecule has 24 heavy (non-hydrogen) atoms. The predicted molar refractivity (Wildman–Crippen MR) is 90.7 cm³/mol. The minimum atomic E-state index is -3.75. The average molecular weight is 351 g/mol. The Labute approximate surface area is 140 Å². The molecule has 2 aromatic rings. The minimum absolute atomic E-state index is 0.229. The molecule has 1 unspecified atom stereocenters. The highest BCUT2D eigenvalue weighted by Crippen LogP contribution is 2.23. The fraction of sp³-hybridized carbons (Fsp3) is 0.250. The lowest BCUT2D eigenvalue weighted by Crippen LogP contribution is -2.47. The number of nitrogens with one attached hydrogen (secondary N) is 1. The molecule has 1 heterocycles. The minimum Gasteiger partial charge on any atom is -0.323 e. The number of nitrogens with zero attached hydrogens (tertiary/aromatic N) is 2. The van der Waals surface area contributed by atoms with Crippen molar-refractivity contribution in [3.8, 4) is 0 Å². The van der Waals surface area contributed by atoms with Crippen molar-refractivity contribution in [1.29, 1.82) is 0 Å². The average Bonchev–Trinajstić information content (AvgIpc) is 2.53. The number of carbonyl (C=O) groups excluding carboxylic acids is 1. The normalized spacial score (nSPS) is 12.5. The van der Waals surface area contributed by atoms with E-state index in [1.165, 1.54) is 18.3 Å². The zero-order valence-corrected chi connectivity index (χ0v) is 14.1. The zero-order chi connectivity index (χ0) is 17.7. The van der Waals surface area contributed by atoms with Crippen molar-refractivity contribution < 1.29 is 17.6 Å². The van der Waals surface area contributed by atoms with Crippen LogP contribution in [-0.2, 0) is 14.8 Å². The number of benzene rings is 1. The van der Waals surface area contributed by atoms with Crippen LogP contribution < -0.4 is 9.62 Å². The van der Waals surface area contributed by atoms with Crippen LogP contribution in [0.5, 0.6) is 0 Å². The van der Waals surface area contributed by atoms with E-state index in [0.29, 0.717) is 5.69 Å². The van der Waals surface area contributed by atoms with Gasteiger partial charge in [-0.3, -0.25) is 14.1 Å². The van der Waals surface area contributed by atoms with E-state index in [2.05, 4.69) is 10.3 Å². The number of rotatable bonds is 6. The Morgan fingerprint density at radius 2 is 1.96 bits per heavy atom. The Balaban J connectivity index is 2.35. The van der Waals surface area contributed by atoms with Crippen LogP contribution >= 0.6 is 0 Å². The Kier molecular flexibility index (Phi) is 5.50. The molecule has 8 heteroatoms. The molecule has 1 amide bonds. The first kappa shape index (κ1) is 17.9. The zero-order valence-electron chi connectivity index (χ0n) is 13.3. The molecule has 6 nitrogen and oxygen atoms in total. The molecule has 0 aliphatic rings. The highest BCUT2D eigenvalue weighted by atomic mass is 32.2. The van der Waals surface area contributed by atoms with Gasteiger partial charge in [0.15, 0.2) is 0 Å². The van der Waals surface area contributed by atoms with E-state index >= 15 is 0 Å². The number of amides is 1. The molecular weight excluding hydrogens is 333 g/mol. The summed E-state index contributed by atoms with van der Waals surface area (Å²) < 4.78 is 38.5. The Bertz CT molecular complexity index is 795. The Morgan fingerprint density at radius 3 is 2.46 bits per heavy atom. The van der Waals surface area contributed by atoms with E-state index in [0.717, 1.165) is 22.7 Å². The van der Waals surface area contributed by atoms with Gasteiger partial charge in [-0.1, -0.05) is 6.92 Å². The monoisotopic (exact) mass is 351 g/mol. The van der Waals surface area contributed by atoms with Crippen LogP contribution in [-0.4, -0.2) is 31.6 Å². The summed E-state index contributed by atoms with van der Waals surface area (Å²) in [4.78, 5) is 16.4. The summed E-state index contributed by atoms with van der Waals surface area (Å²) in [6.07, 6.45) is 4.29. The third-order valence-corrected chi connectivity index (χ3v) is 4.52. The Hall–Kier alpha value is -2.48. The van der Waals surface area contributed by atoms with E-state index in [1.807, 2.05) is 0 Å². The van der Waals surface area contributed by atoms with Crippen LogP contribution in [0.4, 0.5) is 15.8 Å². The van der Waals surface area contributed by atoms with Gasteiger partial charge < -0.3 is 5.32 Å². The number of halogens is 1. The third kappa shape index (κ3) is 4.29. The summed E-state index contributed by atoms with van der Waals surface area (Å²) in [5, 5.41) is 2.65. The van der Waals surface area contributed by atoms with Gasteiger partial charge in [-0.05, 0) is 42.8 Å². The fourth-order valence-corrected chi connectivity index (χ4v) is 3.52. The molecular formula is C16H18FN3O3S. The lowest BCUT2D eigenvalue weighted by molar-refractivity contribution is -0.117. The molecule has 0 fully saturated rings. The molecule has 2 rings (SSSR count). The summed E-state index contributed by atoms with van der Waals surface area (Å²) in [6.45, 7) is 1.70. The van der Waals surface area contributed by atoms with Gasteiger partial charge in [-0.15, -0.1) is 0 Å². The molecule has 1 atom stereocenters. The van der Waals surface area contributed by atoms with E-state index < -0.39 is 27.8 Å². The fourth-order valence-electron chi connectivity index (χ4n) is 2.31. The summed E-state index contributed by atoms with van der Waals surface area (Å²) >= 11 is 0. The van der Waals surface area contributed by atoms with Gasteiger partial charge in [0.25, 0.3) is 0 Å². The van der Waals surface area contributed by atoms with Gasteiger partial charge in [0, 0.05) is 6.20 Å². The highest BCUT2D eigenvalue weighted by molar-refractivity contribution is 7.92. The van der Waals surface area contributed by atoms with Crippen LogP contribution in [0.25, 0.3) is 0 Å². The van der Waals surface area contributed by atoms with Crippen molar-refractivity contribution in [3.63, 3.8) is 0 Å². The van der Waals surface area contributed by atoms with Crippen molar-refractivity contribution in [2.75, 3.05) is 15.9 Å². The molecule has 0 bridgehead atoms. The molecule has 0 aliphatic carbocycles. The van der Waals surface area contributed by atoms with Crippen LogP contribution in [0.1, 0.15) is 13.3 Å². The number of aromatic nitrogens is 1. The maximum Gasteiger partial charge on any atom is 0.248 e. The van der Waals surface area contributed by atoms with E-state index in [1.54, 1.807) is 25.3 Å². The van der Waals surface area contributed by atoms with Crippen LogP contribution in [0.2, 0.25) is 0 Å². The molecule has 0 saturated heterocycles. The van der Waals surface area contributed by atoms with Crippen LogP contribution in [0.3, 0.4) is 0 Å². The lowest BCUT2D eigenvalue weighted by atomic mass is 10.2. The molecule has 128 valence electrons. The first-order valence-corrected chi connectivity index (χ1v) is 9.13. The largest absolute Gasteiger partial charge is 0.323 e. The van der Waals surface area contributed by atoms with Gasteiger partial charge >= 0.3 is 0 Å². The molecule has 1 N–H and O–H groups in total. The highest BCUT2D eigenvalue weighted by Gasteiger charge is 2.31. The summed E-state index contributed by atoms with van der Waals surface area (Å²) in [5.41, 5.74) is 0.695. The number of hydrogen-bond donors (Lipinski definition) is 1. The van der Waals surface area contributed by atoms with Gasteiger partial charge in [-0.25, -0.2) is 12.8 Å².